The number of methoxy groups -OCH3 is 1. The summed E-state index contributed by atoms with van der Waals surface area (Å²) < 4.78 is 21.5. The molecule has 2 heterocycles. The summed E-state index contributed by atoms with van der Waals surface area (Å²) in [4.78, 5) is 52.0. The van der Waals surface area contributed by atoms with Gasteiger partial charge < -0.3 is 23.9 Å². The van der Waals surface area contributed by atoms with E-state index in [0.29, 0.717) is 25.8 Å². The number of ether oxygens (including phenoxy) is 3. The fourth-order valence-corrected chi connectivity index (χ4v) is 6.58. The van der Waals surface area contributed by atoms with Gasteiger partial charge in [-0.05, 0) is 43.1 Å². The van der Waals surface area contributed by atoms with E-state index in [1.54, 1.807) is 13.0 Å². The van der Waals surface area contributed by atoms with Crippen molar-refractivity contribution < 1.29 is 37.8 Å². The number of carbonyl (C=O) groups excluding carboxylic acids is 4. The summed E-state index contributed by atoms with van der Waals surface area (Å²) in [5.74, 6) is -2.88. The van der Waals surface area contributed by atoms with Gasteiger partial charge in [-0.1, -0.05) is 13.8 Å². The van der Waals surface area contributed by atoms with Gasteiger partial charge in [0.05, 0.1) is 31.5 Å². The predicted octanol–water partition coefficient (Wildman–Crippen LogP) is 3.18. The van der Waals surface area contributed by atoms with Crippen LogP contribution in [0.4, 0.5) is 4.79 Å². The molecular weight excluding hydrogens is 430 g/mol. The van der Waals surface area contributed by atoms with Crippen LogP contribution in [-0.4, -0.2) is 43.6 Å². The van der Waals surface area contributed by atoms with E-state index < -0.39 is 52.9 Å². The molecule has 4 rings (SSSR count). The summed E-state index contributed by atoms with van der Waals surface area (Å²) in [7, 11) is 1.32. The summed E-state index contributed by atoms with van der Waals surface area (Å²) in [6.45, 7) is 5.94. The molecule has 0 bridgehead atoms. The van der Waals surface area contributed by atoms with Crippen molar-refractivity contribution in [2.24, 2.45) is 28.6 Å². The first-order valence-electron chi connectivity index (χ1n) is 11.4. The molecule has 3 fully saturated rings. The number of ketones is 1. The first-order chi connectivity index (χ1) is 15.7. The molecule has 7 atom stereocenters. The van der Waals surface area contributed by atoms with Gasteiger partial charge in [0.25, 0.3) is 0 Å². The van der Waals surface area contributed by atoms with Crippen molar-refractivity contribution >= 4 is 23.8 Å². The monoisotopic (exact) mass is 461 g/mol. The Labute approximate surface area is 192 Å². The number of fused-ring (bicyclic) bond motifs is 3. The van der Waals surface area contributed by atoms with E-state index in [4.69, 9.17) is 18.6 Å². The van der Waals surface area contributed by atoms with E-state index in [1.807, 2.05) is 13.8 Å². The van der Waals surface area contributed by atoms with Crippen LogP contribution in [0.25, 0.3) is 0 Å². The van der Waals surface area contributed by atoms with Gasteiger partial charge in [-0.3, -0.25) is 14.4 Å². The molecule has 0 aromatic carbocycles. The lowest BCUT2D eigenvalue weighted by Gasteiger charge is -2.60. The molecule has 9 heteroatoms. The first kappa shape index (κ1) is 23.3. The molecule has 1 aromatic rings. The highest BCUT2D eigenvalue weighted by atomic mass is 16.6. The number of amides is 1. The fourth-order valence-electron chi connectivity index (χ4n) is 6.58. The maximum Gasteiger partial charge on any atom is 0.407 e. The third-order valence-electron chi connectivity index (χ3n) is 8.07. The summed E-state index contributed by atoms with van der Waals surface area (Å²) in [5.41, 5.74) is -0.815. The van der Waals surface area contributed by atoms with E-state index in [-0.39, 0.29) is 18.2 Å². The molecule has 1 amide bonds. The van der Waals surface area contributed by atoms with E-state index >= 15 is 0 Å². The number of alkyl carbamates (subject to hydrolysis) is 1. The van der Waals surface area contributed by atoms with Gasteiger partial charge in [0.15, 0.2) is 11.9 Å². The van der Waals surface area contributed by atoms with E-state index in [2.05, 4.69) is 5.32 Å². The van der Waals surface area contributed by atoms with Crippen molar-refractivity contribution in [2.45, 2.75) is 58.7 Å². The van der Waals surface area contributed by atoms with Crippen LogP contribution in [0, 0.1) is 28.6 Å². The minimum atomic E-state index is -1.10. The zero-order valence-corrected chi connectivity index (χ0v) is 19.4. The number of hydrogen-bond acceptors (Lipinski definition) is 8. The maximum atomic E-state index is 13.9. The number of cyclic esters (lactones) is 1. The van der Waals surface area contributed by atoms with Crippen LogP contribution in [0.15, 0.2) is 23.0 Å². The van der Waals surface area contributed by atoms with Crippen LogP contribution in [-0.2, 0) is 28.6 Å². The average molecular weight is 462 g/mol. The van der Waals surface area contributed by atoms with Crippen LogP contribution in [0.1, 0.15) is 58.1 Å². The van der Waals surface area contributed by atoms with Crippen molar-refractivity contribution in [2.75, 3.05) is 13.7 Å². The summed E-state index contributed by atoms with van der Waals surface area (Å²) >= 11 is 0. The summed E-state index contributed by atoms with van der Waals surface area (Å²) in [6, 6.07) is 1.74. The number of Topliss-reactive ketones (excluding diaryl/α,β-unsaturated/α-hetero) is 1. The molecular formula is C24H31NO8. The van der Waals surface area contributed by atoms with Crippen LogP contribution in [0.5, 0.6) is 0 Å². The zero-order valence-electron chi connectivity index (χ0n) is 19.4. The Hall–Kier alpha value is -2.84. The molecule has 0 spiro atoms. The van der Waals surface area contributed by atoms with Crippen molar-refractivity contribution in [1.29, 1.82) is 0 Å². The Morgan fingerprint density at radius 2 is 2.00 bits per heavy atom. The Bertz CT molecular complexity index is 942. The molecule has 2 aliphatic carbocycles. The van der Waals surface area contributed by atoms with Gasteiger partial charge in [-0.25, -0.2) is 4.79 Å². The molecule has 3 aliphatic rings. The van der Waals surface area contributed by atoms with Crippen LogP contribution >= 0.6 is 0 Å². The predicted molar refractivity (Wildman–Crippen MR) is 114 cm³/mol. The molecule has 180 valence electrons. The minimum absolute atomic E-state index is 0.0615. The number of nitrogens with one attached hydrogen (secondary N) is 1. The molecule has 1 saturated heterocycles. The molecule has 1 aromatic heterocycles. The molecule has 1 aliphatic heterocycles. The maximum absolute atomic E-state index is 13.9. The van der Waals surface area contributed by atoms with E-state index in [0.717, 1.165) is 5.56 Å². The Balaban J connectivity index is 1.76. The van der Waals surface area contributed by atoms with Gasteiger partial charge in [-0.15, -0.1) is 0 Å². The van der Waals surface area contributed by atoms with Gasteiger partial charge in [-0.2, -0.15) is 0 Å². The highest BCUT2D eigenvalue weighted by molar-refractivity contribution is 5.93. The van der Waals surface area contributed by atoms with E-state index in [9.17, 15) is 19.2 Å². The van der Waals surface area contributed by atoms with E-state index in [1.165, 1.54) is 19.6 Å². The average Bonchev–Trinajstić information content (AvgIpc) is 3.29. The molecule has 2 saturated carbocycles. The number of furan rings is 1. The number of carbonyl (C=O) groups is 4. The Kier molecular flexibility index (Phi) is 6.01. The SMILES string of the molecule is CCNC(=O)O[C@H]1C[C@@H](C(=O)OC)[C@]2(C)CCC3C(=O)O[C@H](c4ccoc4)C[C@]3(C)C2C1=O. The summed E-state index contributed by atoms with van der Waals surface area (Å²) in [6.07, 6.45) is 2.13. The highest BCUT2D eigenvalue weighted by Crippen LogP contribution is 2.65. The molecule has 2 unspecified atom stereocenters. The number of hydrogen-bond donors (Lipinski definition) is 1. The van der Waals surface area contributed by atoms with Gasteiger partial charge in [0.2, 0.25) is 0 Å². The normalized spacial score (nSPS) is 37.9. The third kappa shape index (κ3) is 3.71. The van der Waals surface area contributed by atoms with Gasteiger partial charge in [0, 0.05) is 24.4 Å². The topological polar surface area (TPSA) is 121 Å². The number of esters is 2. The minimum Gasteiger partial charge on any atom is -0.472 e. The lowest BCUT2D eigenvalue weighted by molar-refractivity contribution is -0.207. The van der Waals surface area contributed by atoms with Crippen molar-refractivity contribution in [3.63, 3.8) is 0 Å². The summed E-state index contributed by atoms with van der Waals surface area (Å²) in [5, 5.41) is 2.54. The second kappa shape index (κ2) is 8.50. The lowest BCUT2D eigenvalue weighted by atomic mass is 9.43. The Morgan fingerprint density at radius 3 is 2.64 bits per heavy atom. The lowest BCUT2D eigenvalue weighted by Crippen LogP contribution is -2.65. The number of rotatable bonds is 4. The molecule has 9 nitrogen and oxygen atoms in total. The van der Waals surface area contributed by atoms with Crippen LogP contribution in [0.3, 0.4) is 0 Å². The highest BCUT2D eigenvalue weighted by Gasteiger charge is 2.67. The van der Waals surface area contributed by atoms with Gasteiger partial charge >= 0.3 is 18.0 Å². The zero-order chi connectivity index (χ0) is 24.0. The van der Waals surface area contributed by atoms with Crippen LogP contribution in [0.2, 0.25) is 0 Å². The van der Waals surface area contributed by atoms with Crippen molar-refractivity contribution in [3.8, 4) is 0 Å². The third-order valence-corrected chi connectivity index (χ3v) is 8.07. The van der Waals surface area contributed by atoms with Crippen molar-refractivity contribution in [3.05, 3.63) is 24.2 Å². The fraction of sp³-hybridized carbons (Fsp3) is 0.667. The first-order valence-corrected chi connectivity index (χ1v) is 11.4. The quantitative estimate of drug-likeness (QED) is 0.536. The van der Waals surface area contributed by atoms with Gasteiger partial charge in [0.1, 0.15) is 6.10 Å². The second-order valence-electron chi connectivity index (χ2n) is 9.86. The smallest absolute Gasteiger partial charge is 0.407 e. The molecule has 1 N–H and O–H groups in total. The van der Waals surface area contributed by atoms with Crippen molar-refractivity contribution in [1.82, 2.24) is 5.32 Å². The Morgan fingerprint density at radius 1 is 1.24 bits per heavy atom. The van der Waals surface area contributed by atoms with Crippen LogP contribution < -0.4 is 5.32 Å². The second-order valence-corrected chi connectivity index (χ2v) is 9.86. The largest absolute Gasteiger partial charge is 0.472 e. The molecule has 0 radical (unpaired) electrons. The standard InChI is InChI=1S/C24H31NO8/c1-5-25-22(29)33-16-10-15(20(27)30-4)23(2)8-6-14-21(28)32-17(13-7-9-31-12-13)11-24(14,3)19(23)18(16)26/h7,9,12,14-17,19H,5-6,8,10-11H2,1-4H3,(H,25,29)/t14?,15-,16-,17-,19?,23-,24-/m0/s1. The molecule has 33 heavy (non-hydrogen) atoms.